The first kappa shape index (κ1) is 38.2. The average Bonchev–Trinajstić information content (AvgIpc) is 3.49. The summed E-state index contributed by atoms with van der Waals surface area (Å²) in [5.74, 6) is -0.805. The summed E-state index contributed by atoms with van der Waals surface area (Å²) < 4.78 is 51.2. The monoisotopic (exact) mass is 680 g/mol. The van der Waals surface area contributed by atoms with Gasteiger partial charge in [-0.25, -0.2) is 4.79 Å². The van der Waals surface area contributed by atoms with Gasteiger partial charge in [-0.2, -0.15) is 18.3 Å². The minimum atomic E-state index is -4.61. The van der Waals surface area contributed by atoms with Crippen LogP contribution < -0.4 is 4.74 Å². The molecule has 0 bridgehead atoms. The van der Waals surface area contributed by atoms with Crippen LogP contribution in [0.25, 0.3) is 0 Å². The summed E-state index contributed by atoms with van der Waals surface area (Å²) in [6.45, 7) is 6.71. The Morgan fingerprint density at radius 2 is 1.69 bits per heavy atom. The quantitative estimate of drug-likeness (QED) is 0.440. The number of para-hydroxylation sites is 1. The smallest absolute Gasteiger partial charge is 0.435 e. The normalized spacial score (nSPS) is 17.5. The van der Waals surface area contributed by atoms with Crippen LogP contribution in [-0.4, -0.2) is 119 Å². The van der Waals surface area contributed by atoms with Crippen LogP contribution in [-0.2, 0) is 27.0 Å². The van der Waals surface area contributed by atoms with E-state index in [2.05, 4.69) is 5.10 Å². The molecule has 0 saturated carbocycles. The number of fused-ring (bicyclic) bond motifs is 1. The first-order valence-corrected chi connectivity index (χ1v) is 16.0. The number of benzene rings is 1. The van der Waals surface area contributed by atoms with Gasteiger partial charge in [0.2, 0.25) is 11.8 Å². The molecule has 0 radical (unpaired) electrons. The molecule has 12 nitrogen and oxygen atoms in total. The Kier molecular flexibility index (Phi) is 13.3. The van der Waals surface area contributed by atoms with Crippen molar-refractivity contribution in [2.75, 3.05) is 53.9 Å². The highest BCUT2D eigenvalue weighted by atomic mass is 19.4. The van der Waals surface area contributed by atoms with Gasteiger partial charge in [-0.3, -0.25) is 19.1 Å². The topological polar surface area (TPSA) is 118 Å². The number of alkyl halides is 3. The molecule has 1 aromatic carbocycles. The second-order valence-corrected chi connectivity index (χ2v) is 12.9. The van der Waals surface area contributed by atoms with E-state index in [1.807, 2.05) is 0 Å². The van der Waals surface area contributed by atoms with Gasteiger partial charge in [-0.15, -0.1) is 0 Å². The van der Waals surface area contributed by atoms with Crippen molar-refractivity contribution in [3.05, 3.63) is 47.8 Å². The largest absolute Gasteiger partial charge is 0.493 e. The summed E-state index contributed by atoms with van der Waals surface area (Å²) in [6.07, 6.45) is -1.66. The first-order valence-electron chi connectivity index (χ1n) is 16.0. The molecule has 4 amide bonds. The van der Waals surface area contributed by atoms with Crippen LogP contribution in [0.15, 0.2) is 36.5 Å². The molecule has 15 heteroatoms. The van der Waals surface area contributed by atoms with E-state index in [9.17, 15) is 32.3 Å². The van der Waals surface area contributed by atoms with E-state index in [0.717, 1.165) is 16.9 Å². The summed E-state index contributed by atoms with van der Waals surface area (Å²) in [7, 11) is 4.74. The van der Waals surface area contributed by atoms with E-state index in [1.54, 1.807) is 68.9 Å². The van der Waals surface area contributed by atoms with Gasteiger partial charge in [-0.05, 0) is 71.1 Å². The molecule has 0 aliphatic carbocycles. The summed E-state index contributed by atoms with van der Waals surface area (Å²) >= 11 is 0. The number of halogens is 3. The van der Waals surface area contributed by atoms with E-state index in [-0.39, 0.29) is 37.6 Å². The van der Waals surface area contributed by atoms with Gasteiger partial charge in [0.05, 0.1) is 12.2 Å². The Morgan fingerprint density at radius 1 is 1.02 bits per heavy atom. The van der Waals surface area contributed by atoms with Crippen molar-refractivity contribution in [1.29, 1.82) is 0 Å². The van der Waals surface area contributed by atoms with Gasteiger partial charge in [0, 0.05) is 53.5 Å². The van der Waals surface area contributed by atoms with E-state index in [0.29, 0.717) is 51.1 Å². The average molecular weight is 681 g/mol. The molecule has 1 aliphatic heterocycles. The lowest BCUT2D eigenvalue weighted by Gasteiger charge is -2.32. The zero-order valence-corrected chi connectivity index (χ0v) is 28.6. The van der Waals surface area contributed by atoms with Crippen LogP contribution in [0, 0.1) is 0 Å². The maximum Gasteiger partial charge on any atom is 0.435 e. The molecule has 0 N–H and O–H groups in total. The van der Waals surface area contributed by atoms with Crippen molar-refractivity contribution in [2.45, 2.75) is 77.2 Å². The van der Waals surface area contributed by atoms with Gasteiger partial charge >= 0.3 is 12.3 Å². The molecule has 1 aliphatic rings. The van der Waals surface area contributed by atoms with Gasteiger partial charge in [0.15, 0.2) is 5.69 Å². The molecule has 0 fully saturated rings. The van der Waals surface area contributed by atoms with Gasteiger partial charge in [-0.1, -0.05) is 12.1 Å². The zero-order chi connectivity index (χ0) is 35.6. The fourth-order valence-corrected chi connectivity index (χ4v) is 5.16. The Labute approximate surface area is 279 Å². The van der Waals surface area contributed by atoms with Crippen molar-refractivity contribution in [1.82, 2.24) is 29.4 Å². The Hall–Kier alpha value is -4.30. The number of hydrogen-bond acceptors (Lipinski definition) is 7. The number of rotatable bonds is 6. The molecule has 3 rings (SSSR count). The molecule has 2 heterocycles. The third kappa shape index (κ3) is 11.2. The second kappa shape index (κ2) is 16.7. The number of aromatic nitrogens is 2. The van der Waals surface area contributed by atoms with Crippen LogP contribution in [0.5, 0.6) is 5.75 Å². The number of ether oxygens (including phenoxy) is 2. The molecule has 0 spiro atoms. The molecule has 2 aromatic rings. The van der Waals surface area contributed by atoms with Crippen LogP contribution in [0.1, 0.15) is 68.9 Å². The lowest BCUT2D eigenvalue weighted by atomic mass is 10.1. The van der Waals surface area contributed by atoms with Crippen LogP contribution in [0.4, 0.5) is 18.0 Å². The Morgan fingerprint density at radius 3 is 2.35 bits per heavy atom. The highest BCUT2D eigenvalue weighted by molar-refractivity contribution is 5.99. The third-order valence-electron chi connectivity index (χ3n) is 7.84. The predicted octanol–water partition coefficient (Wildman–Crippen LogP) is 4.54. The van der Waals surface area contributed by atoms with Gasteiger partial charge in [0.25, 0.3) is 5.91 Å². The second-order valence-electron chi connectivity index (χ2n) is 12.9. The molecular formula is C33H47F3N6O6. The molecule has 0 saturated heterocycles. The van der Waals surface area contributed by atoms with Crippen LogP contribution in [0.3, 0.4) is 0 Å². The minimum Gasteiger partial charge on any atom is -0.493 e. The van der Waals surface area contributed by atoms with E-state index in [1.165, 1.54) is 16.8 Å². The van der Waals surface area contributed by atoms with Crippen molar-refractivity contribution in [3.8, 4) is 5.75 Å². The van der Waals surface area contributed by atoms with Gasteiger partial charge < -0.3 is 29.1 Å². The number of nitrogens with zero attached hydrogens (tertiary/aromatic N) is 6. The van der Waals surface area contributed by atoms with E-state index < -0.39 is 41.4 Å². The molecule has 266 valence electrons. The molecule has 1 aromatic heterocycles. The van der Waals surface area contributed by atoms with Crippen LogP contribution in [0.2, 0.25) is 0 Å². The van der Waals surface area contributed by atoms with Crippen molar-refractivity contribution in [2.24, 2.45) is 0 Å². The minimum absolute atomic E-state index is 0.196. The maximum atomic E-state index is 13.8. The summed E-state index contributed by atoms with van der Waals surface area (Å²) in [4.78, 5) is 59.2. The predicted molar refractivity (Wildman–Crippen MR) is 171 cm³/mol. The first-order chi connectivity index (χ1) is 22.5. The van der Waals surface area contributed by atoms with Gasteiger partial charge in [0.1, 0.15) is 23.9 Å². The third-order valence-corrected chi connectivity index (χ3v) is 7.84. The van der Waals surface area contributed by atoms with Crippen molar-refractivity contribution in [3.63, 3.8) is 0 Å². The van der Waals surface area contributed by atoms with Crippen molar-refractivity contribution >= 4 is 23.8 Å². The Balaban J connectivity index is 1.74. The van der Waals surface area contributed by atoms with Crippen LogP contribution >= 0.6 is 0 Å². The molecular weight excluding hydrogens is 633 g/mol. The maximum absolute atomic E-state index is 13.8. The SMILES string of the molecule is CN(CCC[C@H]1C(=O)N(C)CCCCN(C(=O)OC(C)(C)C)CCCOc2ccccc2C(=O)N1C)C(=O)Cn1ccc(C(F)(F)F)n1. The molecule has 0 unspecified atom stereocenters. The lowest BCUT2D eigenvalue weighted by molar-refractivity contribution is -0.142. The zero-order valence-electron chi connectivity index (χ0n) is 28.6. The summed E-state index contributed by atoms with van der Waals surface area (Å²) in [5.41, 5.74) is -1.46. The van der Waals surface area contributed by atoms with E-state index in [4.69, 9.17) is 9.47 Å². The fourth-order valence-electron chi connectivity index (χ4n) is 5.16. The lowest BCUT2D eigenvalue weighted by Crippen LogP contribution is -2.49. The standard InChI is InChI=1S/C33H47F3N6O6/c1-32(2,3)48-31(46)41-19-10-9-17-39(5)30(45)25(40(6)29(44)24-13-7-8-15-26(24)47-22-12-20-41)14-11-18-38(4)28(43)23-42-21-16-27(37-42)33(34,35)36/h7-8,13,15-16,21,25H,9-12,14,17-20,22-23H2,1-6H3/t25-/m0/s1. The van der Waals surface area contributed by atoms with E-state index >= 15 is 0 Å². The van der Waals surface area contributed by atoms with Crippen molar-refractivity contribution < 1.29 is 41.8 Å². The Bertz CT molecular complexity index is 1410. The highest BCUT2D eigenvalue weighted by Gasteiger charge is 2.34. The summed E-state index contributed by atoms with van der Waals surface area (Å²) in [6, 6.07) is 6.69. The number of hydrogen-bond donors (Lipinski definition) is 0. The number of carbonyl (C=O) groups excluding carboxylic acids is 4. The molecule has 48 heavy (non-hydrogen) atoms. The number of carbonyl (C=O) groups is 4. The fraction of sp³-hybridized carbons (Fsp3) is 0.606. The molecule has 1 atom stereocenters. The highest BCUT2D eigenvalue weighted by Crippen LogP contribution is 2.27. The number of likely N-dealkylation sites (N-methyl/N-ethyl adjacent to an activating group) is 3. The summed E-state index contributed by atoms with van der Waals surface area (Å²) in [5, 5.41) is 3.43. The number of amides is 4.